The average molecular weight is 226 g/mol. The van der Waals surface area contributed by atoms with E-state index in [0.717, 1.165) is 38.4 Å². The van der Waals surface area contributed by atoms with Gasteiger partial charge in [0.05, 0.1) is 0 Å². The molecule has 16 heavy (non-hydrogen) atoms. The largest absolute Gasteiger partial charge is 0.340 e. The molecule has 1 amide bonds. The highest BCUT2D eigenvalue weighted by Crippen LogP contribution is 2.10. The van der Waals surface area contributed by atoms with Crippen molar-refractivity contribution in [2.24, 2.45) is 5.92 Å². The third-order valence-corrected chi connectivity index (χ3v) is 3.14. The zero-order valence-corrected chi connectivity index (χ0v) is 11.0. The van der Waals surface area contributed by atoms with E-state index in [4.69, 9.17) is 0 Å². The van der Waals surface area contributed by atoms with E-state index in [0.29, 0.717) is 11.9 Å². The first-order valence-electron chi connectivity index (χ1n) is 6.60. The molecule has 3 heteroatoms. The standard InChI is InChI=1S/C13H26N2O/c1-11(2)6-4-5-7-13(16)15-9-8-14-12(3)10-15/h11-12,14H,4-10H2,1-3H3. The van der Waals surface area contributed by atoms with Crippen LogP contribution in [0.2, 0.25) is 0 Å². The number of carbonyl (C=O) groups excluding carboxylic acids is 1. The van der Waals surface area contributed by atoms with Crippen molar-refractivity contribution in [3.8, 4) is 0 Å². The summed E-state index contributed by atoms with van der Waals surface area (Å²) in [7, 11) is 0. The minimum Gasteiger partial charge on any atom is -0.340 e. The van der Waals surface area contributed by atoms with E-state index >= 15 is 0 Å². The number of unbranched alkanes of at least 4 members (excludes halogenated alkanes) is 1. The summed E-state index contributed by atoms with van der Waals surface area (Å²) in [5, 5.41) is 3.36. The Morgan fingerprint density at radius 1 is 1.44 bits per heavy atom. The molecule has 1 rings (SSSR count). The van der Waals surface area contributed by atoms with Gasteiger partial charge >= 0.3 is 0 Å². The number of carbonyl (C=O) groups is 1. The van der Waals surface area contributed by atoms with E-state index in [9.17, 15) is 4.79 Å². The summed E-state index contributed by atoms with van der Waals surface area (Å²) in [5.74, 6) is 1.10. The van der Waals surface area contributed by atoms with Crippen molar-refractivity contribution < 1.29 is 4.79 Å². The fourth-order valence-corrected chi connectivity index (χ4v) is 2.15. The Morgan fingerprint density at radius 3 is 2.81 bits per heavy atom. The van der Waals surface area contributed by atoms with Crippen LogP contribution in [0.15, 0.2) is 0 Å². The highest BCUT2D eigenvalue weighted by atomic mass is 16.2. The molecule has 1 aliphatic rings. The van der Waals surface area contributed by atoms with Crippen molar-refractivity contribution in [3.05, 3.63) is 0 Å². The normalized spacial score (nSPS) is 21.5. The molecular formula is C13H26N2O. The predicted molar refractivity (Wildman–Crippen MR) is 67.4 cm³/mol. The van der Waals surface area contributed by atoms with E-state index < -0.39 is 0 Å². The molecular weight excluding hydrogens is 200 g/mol. The van der Waals surface area contributed by atoms with Gasteiger partial charge < -0.3 is 10.2 Å². The monoisotopic (exact) mass is 226 g/mol. The third kappa shape index (κ3) is 4.97. The Morgan fingerprint density at radius 2 is 2.19 bits per heavy atom. The van der Waals surface area contributed by atoms with Crippen molar-refractivity contribution in [2.45, 2.75) is 52.5 Å². The first-order valence-corrected chi connectivity index (χ1v) is 6.60. The van der Waals surface area contributed by atoms with Crippen LogP contribution in [0.4, 0.5) is 0 Å². The summed E-state index contributed by atoms with van der Waals surface area (Å²) in [6.45, 7) is 9.31. The minimum absolute atomic E-state index is 0.345. The van der Waals surface area contributed by atoms with Crippen molar-refractivity contribution in [2.75, 3.05) is 19.6 Å². The average Bonchev–Trinajstić information content (AvgIpc) is 2.24. The Kier molecular flexibility index (Phi) is 5.81. The number of nitrogens with zero attached hydrogens (tertiary/aromatic N) is 1. The van der Waals surface area contributed by atoms with Crippen LogP contribution < -0.4 is 5.32 Å². The Bertz CT molecular complexity index is 216. The number of hydrogen-bond acceptors (Lipinski definition) is 2. The minimum atomic E-state index is 0.345. The van der Waals surface area contributed by atoms with Crippen LogP contribution in [0.25, 0.3) is 0 Å². The third-order valence-electron chi connectivity index (χ3n) is 3.14. The SMILES string of the molecule is CC(C)CCCCC(=O)N1CCNC(C)C1. The predicted octanol–water partition coefficient (Wildman–Crippen LogP) is 2.02. The van der Waals surface area contributed by atoms with Gasteiger partial charge in [-0.3, -0.25) is 4.79 Å². The molecule has 1 aliphatic heterocycles. The molecule has 0 aromatic carbocycles. The summed E-state index contributed by atoms with van der Waals surface area (Å²) in [4.78, 5) is 13.9. The lowest BCUT2D eigenvalue weighted by Gasteiger charge is -2.32. The van der Waals surface area contributed by atoms with Crippen LogP contribution in [0.5, 0.6) is 0 Å². The Hall–Kier alpha value is -0.570. The quantitative estimate of drug-likeness (QED) is 0.727. The van der Waals surface area contributed by atoms with Crippen molar-refractivity contribution >= 4 is 5.91 Å². The molecule has 1 heterocycles. The van der Waals surface area contributed by atoms with E-state index in [1.54, 1.807) is 0 Å². The van der Waals surface area contributed by atoms with Gasteiger partial charge in [-0.15, -0.1) is 0 Å². The van der Waals surface area contributed by atoms with Crippen LogP contribution in [0, 0.1) is 5.92 Å². The maximum absolute atomic E-state index is 11.9. The Balaban J connectivity index is 2.14. The molecule has 1 saturated heterocycles. The van der Waals surface area contributed by atoms with Gasteiger partial charge in [-0.1, -0.05) is 26.7 Å². The smallest absolute Gasteiger partial charge is 0.222 e. The molecule has 1 fully saturated rings. The van der Waals surface area contributed by atoms with Crippen LogP contribution in [-0.2, 0) is 4.79 Å². The summed E-state index contributed by atoms with van der Waals surface area (Å²) in [5.41, 5.74) is 0. The van der Waals surface area contributed by atoms with Gasteiger partial charge in [0.25, 0.3) is 0 Å². The summed E-state index contributed by atoms with van der Waals surface area (Å²) >= 11 is 0. The van der Waals surface area contributed by atoms with Gasteiger partial charge in [-0.2, -0.15) is 0 Å². The van der Waals surface area contributed by atoms with E-state index in [-0.39, 0.29) is 0 Å². The van der Waals surface area contributed by atoms with Gasteiger partial charge in [-0.05, 0) is 19.3 Å². The van der Waals surface area contributed by atoms with Gasteiger partial charge in [0.15, 0.2) is 0 Å². The second kappa shape index (κ2) is 6.89. The molecule has 0 aromatic rings. The van der Waals surface area contributed by atoms with Gasteiger partial charge in [0.1, 0.15) is 0 Å². The number of rotatable bonds is 5. The van der Waals surface area contributed by atoms with E-state index in [1.807, 2.05) is 4.90 Å². The van der Waals surface area contributed by atoms with Crippen molar-refractivity contribution in [1.29, 1.82) is 0 Å². The molecule has 1 atom stereocenters. The fourth-order valence-electron chi connectivity index (χ4n) is 2.15. The van der Waals surface area contributed by atoms with Gasteiger partial charge in [-0.25, -0.2) is 0 Å². The summed E-state index contributed by atoms with van der Waals surface area (Å²) < 4.78 is 0. The van der Waals surface area contributed by atoms with E-state index in [1.165, 1.54) is 12.8 Å². The maximum atomic E-state index is 11.9. The van der Waals surface area contributed by atoms with Crippen LogP contribution in [0.3, 0.4) is 0 Å². The van der Waals surface area contributed by atoms with Crippen LogP contribution >= 0.6 is 0 Å². The maximum Gasteiger partial charge on any atom is 0.222 e. The zero-order valence-electron chi connectivity index (χ0n) is 11.0. The second-order valence-electron chi connectivity index (χ2n) is 5.33. The Labute approximate surface area is 99.6 Å². The van der Waals surface area contributed by atoms with Crippen LogP contribution in [-0.4, -0.2) is 36.5 Å². The molecule has 94 valence electrons. The topological polar surface area (TPSA) is 32.3 Å². The highest BCUT2D eigenvalue weighted by molar-refractivity contribution is 5.76. The molecule has 3 nitrogen and oxygen atoms in total. The molecule has 0 bridgehead atoms. The fraction of sp³-hybridized carbons (Fsp3) is 0.923. The molecule has 0 saturated carbocycles. The molecule has 0 aromatic heterocycles. The molecule has 0 aliphatic carbocycles. The molecule has 0 radical (unpaired) electrons. The number of hydrogen-bond donors (Lipinski definition) is 1. The van der Waals surface area contributed by atoms with Gasteiger partial charge in [0, 0.05) is 32.1 Å². The van der Waals surface area contributed by atoms with Crippen molar-refractivity contribution in [1.82, 2.24) is 10.2 Å². The second-order valence-corrected chi connectivity index (χ2v) is 5.33. The lowest BCUT2D eigenvalue weighted by Crippen LogP contribution is -2.51. The lowest BCUT2D eigenvalue weighted by atomic mass is 10.0. The number of nitrogens with one attached hydrogen (secondary N) is 1. The first kappa shape index (κ1) is 13.5. The lowest BCUT2D eigenvalue weighted by molar-refractivity contribution is -0.132. The first-order chi connectivity index (χ1) is 7.59. The van der Waals surface area contributed by atoms with E-state index in [2.05, 4.69) is 26.1 Å². The van der Waals surface area contributed by atoms with Crippen LogP contribution in [0.1, 0.15) is 46.5 Å². The molecule has 0 spiro atoms. The highest BCUT2D eigenvalue weighted by Gasteiger charge is 2.19. The van der Waals surface area contributed by atoms with Crippen molar-refractivity contribution in [3.63, 3.8) is 0 Å². The molecule has 1 unspecified atom stereocenters. The van der Waals surface area contributed by atoms with Gasteiger partial charge in [0.2, 0.25) is 5.91 Å². The summed E-state index contributed by atoms with van der Waals surface area (Å²) in [6.07, 6.45) is 4.21. The molecule has 1 N–H and O–H groups in total. The summed E-state index contributed by atoms with van der Waals surface area (Å²) in [6, 6.07) is 0.452. The number of piperazine rings is 1. The zero-order chi connectivity index (χ0) is 12.0. The number of amides is 1.